The van der Waals surface area contributed by atoms with E-state index >= 15 is 0 Å². The summed E-state index contributed by atoms with van der Waals surface area (Å²) in [6.07, 6.45) is 1.27. The Morgan fingerprint density at radius 3 is 1.67 bits per heavy atom. The molecule has 0 atom stereocenters. The van der Waals surface area contributed by atoms with Gasteiger partial charge < -0.3 is 0 Å². The van der Waals surface area contributed by atoms with E-state index in [4.69, 9.17) is 0 Å². The first kappa shape index (κ1) is 6.19. The van der Waals surface area contributed by atoms with Crippen LogP contribution in [0.15, 0.2) is 0 Å². The maximum Gasteiger partial charge on any atom is 0.0998 e. The smallest absolute Gasteiger partial charge is 0.0939 e. The van der Waals surface area contributed by atoms with Crippen LogP contribution in [-0.2, 0) is 0 Å². The Hall–Kier alpha value is 0.195. The molecule has 3 heteroatoms. The molecule has 0 fully saturated rings. The first-order valence-corrected chi connectivity index (χ1v) is 2.56. The molecule has 0 heterocycles. The summed E-state index contributed by atoms with van der Waals surface area (Å²) in [5, 5.41) is 0.542. The molecule has 0 aliphatic heterocycles. The summed E-state index contributed by atoms with van der Waals surface area (Å²) in [7, 11) is 6.69. The van der Waals surface area contributed by atoms with Crippen LogP contribution in [0.4, 0.5) is 0 Å². The molecule has 0 saturated carbocycles. The summed E-state index contributed by atoms with van der Waals surface area (Å²) in [4.78, 5) is 0. The Kier molecular flexibility index (Phi) is 1.82. The van der Waals surface area contributed by atoms with Gasteiger partial charge in [0.05, 0.1) is 23.5 Å². The SMILES string of the molecule is BCC(B)(B)C. The van der Waals surface area contributed by atoms with Gasteiger partial charge in [-0.15, -0.1) is 0 Å². The third-order valence-electron chi connectivity index (χ3n) is 1.06. The second kappa shape index (κ2) is 1.77. The van der Waals surface area contributed by atoms with Crippen molar-refractivity contribution in [3.8, 4) is 0 Å². The van der Waals surface area contributed by atoms with Gasteiger partial charge in [-0.25, -0.2) is 0 Å². The van der Waals surface area contributed by atoms with Crippen molar-refractivity contribution < 1.29 is 0 Å². The fourth-order valence-electron chi connectivity index (χ4n) is 0. The van der Waals surface area contributed by atoms with Crippen LogP contribution < -0.4 is 0 Å². The lowest BCUT2D eigenvalue weighted by Crippen LogP contribution is -2.04. The van der Waals surface area contributed by atoms with Gasteiger partial charge in [0.15, 0.2) is 0 Å². The molecule has 0 N–H and O–H groups in total. The lowest BCUT2D eigenvalue weighted by molar-refractivity contribution is 0.967. The number of rotatable bonds is 1. The summed E-state index contributed by atoms with van der Waals surface area (Å²) >= 11 is 0. The highest BCUT2D eigenvalue weighted by molar-refractivity contribution is 6.42. The number of hydrogen-bond donors (Lipinski definition) is 0. The first-order chi connectivity index (χ1) is 2.56. The van der Waals surface area contributed by atoms with E-state index in [0.717, 1.165) is 0 Å². The lowest BCUT2D eigenvalue weighted by Gasteiger charge is -2.12. The van der Waals surface area contributed by atoms with Crippen molar-refractivity contribution >= 4 is 23.5 Å². The average molecular weight is 79.6 g/mol. The third kappa shape index (κ3) is 4.19. The zero-order valence-electron chi connectivity index (χ0n) is 5.21. The zero-order chi connectivity index (χ0) is 5.21. The second-order valence-electron chi connectivity index (χ2n) is 2.91. The maximum absolute atomic E-state index is 2.24. The highest BCUT2D eigenvalue weighted by atomic mass is 13.9. The molecule has 0 spiro atoms. The molecular formula is C3H11B3. The predicted octanol–water partition coefficient (Wildman–Crippen LogP) is -1.56. The molecule has 0 aliphatic rings. The van der Waals surface area contributed by atoms with Gasteiger partial charge in [-0.2, -0.15) is 0 Å². The second-order valence-corrected chi connectivity index (χ2v) is 2.91. The minimum atomic E-state index is 0.542. The Morgan fingerprint density at radius 2 is 1.67 bits per heavy atom. The molecule has 0 saturated heterocycles. The maximum atomic E-state index is 2.24. The zero-order valence-corrected chi connectivity index (χ0v) is 5.21. The summed E-state index contributed by atoms with van der Waals surface area (Å²) in [6, 6.07) is 0. The van der Waals surface area contributed by atoms with Crippen molar-refractivity contribution in [2.24, 2.45) is 0 Å². The van der Waals surface area contributed by atoms with Crippen LogP contribution in [0.2, 0.25) is 11.5 Å². The van der Waals surface area contributed by atoms with Crippen LogP contribution in [0.1, 0.15) is 6.92 Å². The van der Waals surface area contributed by atoms with Crippen molar-refractivity contribution in [1.82, 2.24) is 0 Å². The van der Waals surface area contributed by atoms with E-state index in [-0.39, 0.29) is 0 Å². The van der Waals surface area contributed by atoms with Crippen LogP contribution in [0.3, 0.4) is 0 Å². The van der Waals surface area contributed by atoms with Gasteiger partial charge in [0.1, 0.15) is 0 Å². The van der Waals surface area contributed by atoms with E-state index in [1.807, 2.05) is 0 Å². The standard InChI is InChI=1S/C3H11B3/c1-3(5,6)2-4/h2,4-6H2,1H3. The monoisotopic (exact) mass is 80.1 g/mol. The molecule has 0 aromatic heterocycles. The van der Waals surface area contributed by atoms with Gasteiger partial charge in [-0.05, 0) is 0 Å². The van der Waals surface area contributed by atoms with Crippen molar-refractivity contribution in [2.45, 2.75) is 18.5 Å². The molecule has 0 aromatic rings. The third-order valence-corrected chi connectivity index (χ3v) is 1.06. The van der Waals surface area contributed by atoms with Gasteiger partial charge >= 0.3 is 0 Å². The molecule has 0 rings (SSSR count). The molecule has 0 bridgehead atoms. The normalized spacial score (nSPS) is 11.5. The molecule has 0 amide bonds. The Balaban J connectivity index is 3.17. The van der Waals surface area contributed by atoms with E-state index < -0.39 is 0 Å². The number of hydrogen-bond acceptors (Lipinski definition) is 0. The first-order valence-electron chi connectivity index (χ1n) is 2.56. The van der Waals surface area contributed by atoms with Crippen LogP contribution in [0, 0.1) is 0 Å². The van der Waals surface area contributed by atoms with Crippen molar-refractivity contribution in [3.63, 3.8) is 0 Å². The molecule has 0 nitrogen and oxygen atoms in total. The Morgan fingerprint density at radius 1 is 1.50 bits per heavy atom. The van der Waals surface area contributed by atoms with Gasteiger partial charge in [0.25, 0.3) is 0 Å². The van der Waals surface area contributed by atoms with Crippen LogP contribution in [0.5, 0.6) is 0 Å². The van der Waals surface area contributed by atoms with Crippen molar-refractivity contribution in [2.75, 3.05) is 0 Å². The fraction of sp³-hybridized carbons (Fsp3) is 1.00. The highest BCUT2D eigenvalue weighted by Gasteiger charge is 2.04. The molecular weight excluding hydrogens is 68.5 g/mol. The summed E-state index contributed by atoms with van der Waals surface area (Å²) in [6.45, 7) is 2.24. The molecule has 6 heavy (non-hydrogen) atoms. The van der Waals surface area contributed by atoms with E-state index in [2.05, 4.69) is 30.5 Å². The molecule has 0 aromatic carbocycles. The molecule has 0 aliphatic carbocycles. The van der Waals surface area contributed by atoms with E-state index in [1.54, 1.807) is 0 Å². The van der Waals surface area contributed by atoms with Crippen molar-refractivity contribution in [1.29, 1.82) is 0 Å². The molecule has 0 unspecified atom stereocenters. The van der Waals surface area contributed by atoms with Gasteiger partial charge in [-0.1, -0.05) is 18.5 Å². The van der Waals surface area contributed by atoms with Gasteiger partial charge in [0, 0.05) is 0 Å². The highest BCUT2D eigenvalue weighted by Crippen LogP contribution is 2.15. The minimum Gasteiger partial charge on any atom is -0.0939 e. The summed E-state index contributed by atoms with van der Waals surface area (Å²) < 4.78 is 0. The van der Waals surface area contributed by atoms with Gasteiger partial charge in [-0.3, -0.25) is 0 Å². The van der Waals surface area contributed by atoms with E-state index in [1.165, 1.54) is 6.32 Å². The predicted molar refractivity (Wildman–Crippen MR) is 38.8 cm³/mol. The molecule has 32 valence electrons. The quantitative estimate of drug-likeness (QED) is 0.334. The molecule has 0 radical (unpaired) electrons. The summed E-state index contributed by atoms with van der Waals surface area (Å²) in [5.74, 6) is 0. The summed E-state index contributed by atoms with van der Waals surface area (Å²) in [5.41, 5.74) is 0. The Labute approximate surface area is 42.9 Å². The van der Waals surface area contributed by atoms with Crippen molar-refractivity contribution in [3.05, 3.63) is 0 Å². The van der Waals surface area contributed by atoms with Crippen LogP contribution in [-0.4, -0.2) is 23.5 Å². The van der Waals surface area contributed by atoms with E-state index in [0.29, 0.717) is 5.21 Å². The Bertz CT molecular complexity index is 35.8. The topological polar surface area (TPSA) is 0 Å². The fourth-order valence-corrected chi connectivity index (χ4v) is 0. The van der Waals surface area contributed by atoms with E-state index in [9.17, 15) is 0 Å². The average Bonchev–Trinajstić information content (AvgIpc) is 1.35. The van der Waals surface area contributed by atoms with Gasteiger partial charge in [0.2, 0.25) is 0 Å². The minimum absolute atomic E-state index is 0.542. The lowest BCUT2D eigenvalue weighted by atomic mass is 9.51. The van der Waals surface area contributed by atoms with Crippen LogP contribution in [0.25, 0.3) is 0 Å². The largest absolute Gasteiger partial charge is 0.0998 e. The van der Waals surface area contributed by atoms with Crippen LogP contribution >= 0.6 is 0 Å².